The largest absolute Gasteiger partial charge is 0.492 e. The van der Waals surface area contributed by atoms with Crippen LogP contribution in [0, 0.1) is 12.7 Å². The average Bonchev–Trinajstić information content (AvgIpc) is 2.79. The second-order valence-electron chi connectivity index (χ2n) is 6.95. The van der Waals surface area contributed by atoms with E-state index in [4.69, 9.17) is 9.47 Å². The number of carbonyl (C=O) groups excluding carboxylic acids is 2. The standard InChI is InChI=1S/C25H25FN2O4/c1-4-31-22-15-21(28-25(30)18-11-12-19(26)16(3)13-18)23(32-5-2)14-20(22)27-24(29)17-9-7-6-8-10-17/h6-15H,4-5H2,1-3H3,(H,27,29)(H,28,30). The number of rotatable bonds is 8. The SMILES string of the molecule is CCOc1cc(NC(=O)c2ccc(F)c(C)c2)c(OCC)cc1NC(=O)c1ccccc1. The van der Waals surface area contributed by atoms with Gasteiger partial charge in [0.15, 0.2) is 0 Å². The van der Waals surface area contributed by atoms with Gasteiger partial charge in [-0.2, -0.15) is 0 Å². The van der Waals surface area contributed by atoms with Gasteiger partial charge in [0, 0.05) is 23.3 Å². The molecule has 0 radical (unpaired) electrons. The quantitative estimate of drug-likeness (QED) is 0.493. The number of hydrogen-bond donors (Lipinski definition) is 2. The highest BCUT2D eigenvalue weighted by Gasteiger charge is 2.18. The zero-order valence-corrected chi connectivity index (χ0v) is 18.2. The van der Waals surface area contributed by atoms with E-state index in [1.54, 1.807) is 43.3 Å². The van der Waals surface area contributed by atoms with Crippen LogP contribution in [-0.4, -0.2) is 25.0 Å². The Hall–Kier alpha value is -3.87. The lowest BCUT2D eigenvalue weighted by Crippen LogP contribution is -2.16. The predicted molar refractivity (Wildman–Crippen MR) is 122 cm³/mol. The summed E-state index contributed by atoms with van der Waals surface area (Å²) in [5.74, 6) is -0.351. The molecule has 0 bridgehead atoms. The van der Waals surface area contributed by atoms with Crippen LogP contribution in [0.25, 0.3) is 0 Å². The summed E-state index contributed by atoms with van der Waals surface area (Å²) >= 11 is 0. The normalized spacial score (nSPS) is 10.4. The lowest BCUT2D eigenvalue weighted by atomic mass is 10.1. The third kappa shape index (κ3) is 5.43. The van der Waals surface area contributed by atoms with Crippen molar-refractivity contribution in [3.63, 3.8) is 0 Å². The second kappa shape index (κ2) is 10.4. The van der Waals surface area contributed by atoms with Gasteiger partial charge in [-0.05, 0) is 56.7 Å². The highest BCUT2D eigenvalue weighted by molar-refractivity contribution is 6.07. The maximum absolute atomic E-state index is 13.6. The van der Waals surface area contributed by atoms with Gasteiger partial charge in [-0.3, -0.25) is 9.59 Å². The minimum atomic E-state index is -0.419. The predicted octanol–water partition coefficient (Wildman–Crippen LogP) is 5.44. The number of aryl methyl sites for hydroxylation is 1. The van der Waals surface area contributed by atoms with E-state index in [0.29, 0.717) is 52.8 Å². The first-order valence-electron chi connectivity index (χ1n) is 10.3. The van der Waals surface area contributed by atoms with Crippen LogP contribution < -0.4 is 20.1 Å². The molecule has 0 aliphatic carbocycles. The molecule has 0 heterocycles. The van der Waals surface area contributed by atoms with Gasteiger partial charge in [-0.25, -0.2) is 4.39 Å². The van der Waals surface area contributed by atoms with E-state index in [1.165, 1.54) is 18.2 Å². The third-order valence-corrected chi connectivity index (χ3v) is 4.63. The van der Waals surface area contributed by atoms with Crippen LogP contribution in [0.3, 0.4) is 0 Å². The molecule has 6 nitrogen and oxygen atoms in total. The lowest BCUT2D eigenvalue weighted by Gasteiger charge is -2.18. The lowest BCUT2D eigenvalue weighted by molar-refractivity contribution is 0.101. The molecule has 2 N–H and O–H groups in total. The molecule has 0 aromatic heterocycles. The number of carbonyl (C=O) groups is 2. The highest BCUT2D eigenvalue weighted by Crippen LogP contribution is 2.37. The summed E-state index contributed by atoms with van der Waals surface area (Å²) in [4.78, 5) is 25.4. The molecule has 0 aliphatic rings. The Balaban J connectivity index is 1.93. The minimum Gasteiger partial charge on any atom is -0.492 e. The molecular formula is C25H25FN2O4. The summed E-state index contributed by atoms with van der Waals surface area (Å²) in [6.07, 6.45) is 0. The molecular weight excluding hydrogens is 411 g/mol. The molecule has 0 atom stereocenters. The minimum absolute atomic E-state index is 0.299. The van der Waals surface area contributed by atoms with Gasteiger partial charge in [-0.15, -0.1) is 0 Å². The van der Waals surface area contributed by atoms with Crippen molar-refractivity contribution < 1.29 is 23.5 Å². The van der Waals surface area contributed by atoms with Gasteiger partial charge < -0.3 is 20.1 Å². The third-order valence-electron chi connectivity index (χ3n) is 4.63. The molecule has 0 saturated heterocycles. The summed E-state index contributed by atoms with van der Waals surface area (Å²) in [5, 5.41) is 5.63. The average molecular weight is 436 g/mol. The molecule has 32 heavy (non-hydrogen) atoms. The summed E-state index contributed by atoms with van der Waals surface area (Å²) in [6.45, 7) is 5.92. The second-order valence-corrected chi connectivity index (χ2v) is 6.95. The molecule has 0 unspecified atom stereocenters. The summed E-state index contributed by atoms with van der Waals surface area (Å²) in [5.41, 5.74) is 1.97. The topological polar surface area (TPSA) is 76.7 Å². The van der Waals surface area contributed by atoms with Crippen molar-refractivity contribution in [3.8, 4) is 11.5 Å². The Morgan fingerprint density at radius 1 is 0.781 bits per heavy atom. The van der Waals surface area contributed by atoms with Gasteiger partial charge in [0.05, 0.1) is 24.6 Å². The van der Waals surface area contributed by atoms with Crippen LogP contribution in [0.4, 0.5) is 15.8 Å². The van der Waals surface area contributed by atoms with E-state index in [9.17, 15) is 14.0 Å². The molecule has 2 amide bonds. The number of hydrogen-bond acceptors (Lipinski definition) is 4. The van der Waals surface area contributed by atoms with E-state index < -0.39 is 5.91 Å². The van der Waals surface area contributed by atoms with Crippen LogP contribution in [-0.2, 0) is 0 Å². The zero-order valence-electron chi connectivity index (χ0n) is 18.2. The van der Waals surface area contributed by atoms with Gasteiger partial charge >= 0.3 is 0 Å². The molecule has 0 fully saturated rings. The van der Waals surface area contributed by atoms with E-state index >= 15 is 0 Å². The first-order valence-corrected chi connectivity index (χ1v) is 10.3. The van der Waals surface area contributed by atoms with Gasteiger partial charge in [0.25, 0.3) is 11.8 Å². The molecule has 0 spiro atoms. The first-order chi connectivity index (χ1) is 15.4. The molecule has 166 valence electrons. The fourth-order valence-electron chi connectivity index (χ4n) is 3.07. The fourth-order valence-corrected chi connectivity index (χ4v) is 3.07. The fraction of sp³-hybridized carbons (Fsp3) is 0.200. The van der Waals surface area contributed by atoms with Gasteiger partial charge in [0.2, 0.25) is 0 Å². The molecule has 3 aromatic carbocycles. The van der Waals surface area contributed by atoms with Crippen molar-refractivity contribution in [3.05, 3.63) is 83.2 Å². The van der Waals surface area contributed by atoms with Crippen LogP contribution in [0.1, 0.15) is 40.1 Å². The molecule has 0 saturated carbocycles. The van der Waals surface area contributed by atoms with Crippen molar-refractivity contribution in [2.24, 2.45) is 0 Å². The van der Waals surface area contributed by atoms with Crippen molar-refractivity contribution in [1.82, 2.24) is 0 Å². The molecule has 3 aromatic rings. The van der Waals surface area contributed by atoms with Crippen molar-refractivity contribution in [1.29, 1.82) is 0 Å². The number of anilines is 2. The van der Waals surface area contributed by atoms with Crippen molar-refractivity contribution in [2.45, 2.75) is 20.8 Å². The molecule has 3 rings (SSSR count). The number of amides is 2. The zero-order chi connectivity index (χ0) is 23.1. The van der Waals surface area contributed by atoms with Gasteiger partial charge in [0.1, 0.15) is 17.3 Å². The van der Waals surface area contributed by atoms with Crippen molar-refractivity contribution >= 4 is 23.2 Å². The summed E-state index contributed by atoms with van der Waals surface area (Å²) in [6, 6.07) is 16.1. The Bertz CT molecular complexity index is 1120. The molecule has 7 heteroatoms. The van der Waals surface area contributed by atoms with Crippen molar-refractivity contribution in [2.75, 3.05) is 23.8 Å². The number of nitrogens with one attached hydrogen (secondary N) is 2. The smallest absolute Gasteiger partial charge is 0.255 e. The van der Waals surface area contributed by atoms with Crippen LogP contribution in [0.2, 0.25) is 0 Å². The van der Waals surface area contributed by atoms with E-state index in [2.05, 4.69) is 10.6 Å². The monoisotopic (exact) mass is 436 g/mol. The Morgan fingerprint density at radius 3 is 1.81 bits per heavy atom. The van der Waals surface area contributed by atoms with Gasteiger partial charge in [-0.1, -0.05) is 18.2 Å². The number of halogens is 1. The first kappa shape index (κ1) is 22.8. The highest BCUT2D eigenvalue weighted by atomic mass is 19.1. The Labute approximate surface area is 186 Å². The van der Waals surface area contributed by atoms with E-state index in [0.717, 1.165) is 0 Å². The van der Waals surface area contributed by atoms with Crippen LogP contribution in [0.5, 0.6) is 11.5 Å². The summed E-state index contributed by atoms with van der Waals surface area (Å²) in [7, 11) is 0. The molecule has 0 aliphatic heterocycles. The Morgan fingerprint density at radius 2 is 1.31 bits per heavy atom. The van der Waals surface area contributed by atoms with E-state index in [1.807, 2.05) is 19.9 Å². The maximum atomic E-state index is 13.6. The summed E-state index contributed by atoms with van der Waals surface area (Å²) < 4.78 is 25.0. The van der Waals surface area contributed by atoms with Crippen LogP contribution >= 0.6 is 0 Å². The Kier molecular flexibility index (Phi) is 7.44. The number of ether oxygens (including phenoxy) is 2. The van der Waals surface area contributed by atoms with E-state index in [-0.39, 0.29) is 11.7 Å². The van der Waals surface area contributed by atoms with Crippen LogP contribution in [0.15, 0.2) is 60.7 Å². The maximum Gasteiger partial charge on any atom is 0.255 e. The number of benzene rings is 3.